The predicted octanol–water partition coefficient (Wildman–Crippen LogP) is 2.78. The quantitative estimate of drug-likeness (QED) is 0.598. The fraction of sp³-hybridized carbons (Fsp3) is 0.188. The van der Waals surface area contributed by atoms with E-state index in [0.717, 1.165) is 21.3 Å². The van der Waals surface area contributed by atoms with Crippen molar-refractivity contribution in [3.05, 3.63) is 40.5 Å². The lowest BCUT2D eigenvalue weighted by Gasteiger charge is -1.99. The topological polar surface area (TPSA) is 95.4 Å². The predicted molar refractivity (Wildman–Crippen MR) is 101 cm³/mol. The minimum atomic E-state index is -0.0705. The SMILES string of the molecule is N#CCCn1cc(C=NN=C2NC(=O)CS2)c(-c2ccc(Br)cc2)n1. The second kappa shape index (κ2) is 8.09. The van der Waals surface area contributed by atoms with Gasteiger partial charge in [-0.05, 0) is 12.1 Å². The molecule has 1 N–H and O–H groups in total. The van der Waals surface area contributed by atoms with Crippen molar-refractivity contribution in [1.29, 1.82) is 5.26 Å². The van der Waals surface area contributed by atoms with Gasteiger partial charge in [-0.3, -0.25) is 9.48 Å². The number of nitrogens with zero attached hydrogens (tertiary/aromatic N) is 5. The Morgan fingerprint density at radius 2 is 2.24 bits per heavy atom. The molecule has 1 saturated heterocycles. The minimum Gasteiger partial charge on any atom is -0.303 e. The molecule has 1 aromatic heterocycles. The molecule has 2 aromatic rings. The summed E-state index contributed by atoms with van der Waals surface area (Å²) in [6, 6.07) is 9.90. The Morgan fingerprint density at radius 1 is 1.44 bits per heavy atom. The number of nitriles is 1. The maximum absolute atomic E-state index is 11.1. The van der Waals surface area contributed by atoms with Gasteiger partial charge in [-0.2, -0.15) is 15.5 Å². The molecule has 1 amide bonds. The number of hydrogen-bond donors (Lipinski definition) is 1. The van der Waals surface area contributed by atoms with Gasteiger partial charge >= 0.3 is 0 Å². The molecule has 2 heterocycles. The molecule has 3 rings (SSSR count). The van der Waals surface area contributed by atoms with E-state index >= 15 is 0 Å². The first-order valence-electron chi connectivity index (χ1n) is 7.40. The molecule has 7 nitrogen and oxygen atoms in total. The first kappa shape index (κ1) is 17.4. The third-order valence-corrected chi connectivity index (χ3v) is 4.68. The maximum atomic E-state index is 11.1. The number of carbonyl (C=O) groups is 1. The first-order chi connectivity index (χ1) is 12.2. The molecule has 0 spiro atoms. The van der Waals surface area contributed by atoms with Crippen LogP contribution in [-0.2, 0) is 11.3 Å². The molecular formula is C16H13BrN6OS. The Labute approximate surface area is 156 Å². The highest BCUT2D eigenvalue weighted by Crippen LogP contribution is 2.23. The van der Waals surface area contributed by atoms with Crippen molar-refractivity contribution in [1.82, 2.24) is 15.1 Å². The zero-order valence-electron chi connectivity index (χ0n) is 13.0. The number of amides is 1. The summed E-state index contributed by atoms with van der Waals surface area (Å²) in [4.78, 5) is 11.1. The molecule has 0 radical (unpaired) electrons. The summed E-state index contributed by atoms with van der Waals surface area (Å²) < 4.78 is 2.71. The van der Waals surface area contributed by atoms with Crippen LogP contribution in [0.4, 0.5) is 0 Å². The van der Waals surface area contributed by atoms with Gasteiger partial charge in [0, 0.05) is 21.8 Å². The van der Waals surface area contributed by atoms with Gasteiger partial charge < -0.3 is 5.32 Å². The van der Waals surface area contributed by atoms with Crippen molar-refractivity contribution in [2.75, 3.05) is 5.75 Å². The molecule has 0 aliphatic carbocycles. The van der Waals surface area contributed by atoms with Crippen LogP contribution < -0.4 is 5.32 Å². The summed E-state index contributed by atoms with van der Waals surface area (Å²) in [6.07, 6.45) is 3.81. The number of nitrogens with one attached hydrogen (secondary N) is 1. The van der Waals surface area contributed by atoms with Crippen molar-refractivity contribution in [2.24, 2.45) is 10.2 Å². The van der Waals surface area contributed by atoms with Crippen molar-refractivity contribution in [3.8, 4) is 17.3 Å². The lowest BCUT2D eigenvalue weighted by Crippen LogP contribution is -2.19. The van der Waals surface area contributed by atoms with E-state index in [1.165, 1.54) is 11.8 Å². The maximum Gasteiger partial charge on any atom is 0.236 e. The monoisotopic (exact) mass is 416 g/mol. The summed E-state index contributed by atoms with van der Waals surface area (Å²) in [5.41, 5.74) is 2.49. The third kappa shape index (κ3) is 4.55. The molecule has 1 aliphatic rings. The van der Waals surface area contributed by atoms with E-state index in [0.29, 0.717) is 23.9 Å². The van der Waals surface area contributed by atoms with Crippen LogP contribution in [0, 0.1) is 11.3 Å². The molecule has 0 saturated carbocycles. The van der Waals surface area contributed by atoms with Gasteiger partial charge in [0.05, 0.1) is 31.0 Å². The Hall–Kier alpha value is -2.44. The highest BCUT2D eigenvalue weighted by Gasteiger charge is 2.16. The molecule has 9 heteroatoms. The van der Waals surface area contributed by atoms with E-state index in [1.54, 1.807) is 10.9 Å². The highest BCUT2D eigenvalue weighted by molar-refractivity contribution is 9.10. The van der Waals surface area contributed by atoms with Crippen molar-refractivity contribution >= 4 is 45.0 Å². The zero-order chi connectivity index (χ0) is 17.6. The van der Waals surface area contributed by atoms with Crippen LogP contribution in [-0.4, -0.2) is 32.8 Å². The first-order valence-corrected chi connectivity index (χ1v) is 9.17. The summed E-state index contributed by atoms with van der Waals surface area (Å²) in [5.74, 6) is 0.295. The highest BCUT2D eigenvalue weighted by atomic mass is 79.9. The largest absolute Gasteiger partial charge is 0.303 e. The Morgan fingerprint density at radius 3 is 2.92 bits per heavy atom. The van der Waals surface area contributed by atoms with E-state index in [-0.39, 0.29) is 5.91 Å². The minimum absolute atomic E-state index is 0.0705. The lowest BCUT2D eigenvalue weighted by molar-refractivity contribution is -0.116. The molecular weight excluding hydrogens is 404 g/mol. The smallest absolute Gasteiger partial charge is 0.236 e. The van der Waals surface area contributed by atoms with E-state index < -0.39 is 0 Å². The van der Waals surface area contributed by atoms with Gasteiger partial charge in [0.1, 0.15) is 5.69 Å². The van der Waals surface area contributed by atoms with Crippen LogP contribution in [0.3, 0.4) is 0 Å². The van der Waals surface area contributed by atoms with Crippen LogP contribution in [0.15, 0.2) is 45.1 Å². The third-order valence-electron chi connectivity index (χ3n) is 3.29. The summed E-state index contributed by atoms with van der Waals surface area (Å²) in [6.45, 7) is 0.508. The van der Waals surface area contributed by atoms with Crippen molar-refractivity contribution in [3.63, 3.8) is 0 Å². The number of aryl methyl sites for hydroxylation is 1. The van der Waals surface area contributed by atoms with Crippen LogP contribution in [0.5, 0.6) is 0 Å². The van der Waals surface area contributed by atoms with Gasteiger partial charge in [-0.15, -0.1) is 5.10 Å². The number of aromatic nitrogens is 2. The second-order valence-electron chi connectivity index (χ2n) is 5.10. The Bertz CT molecular complexity index is 881. The molecule has 25 heavy (non-hydrogen) atoms. The van der Waals surface area contributed by atoms with Crippen molar-refractivity contribution < 1.29 is 4.79 Å². The molecule has 1 fully saturated rings. The standard InChI is InChI=1S/C16H13BrN6OS/c17-13-4-2-11(3-5-13)15-12(9-23(22-15)7-1-6-18)8-19-21-16-20-14(24)10-25-16/h2-5,8-9H,1,7,10H2,(H,20,21,24). The van der Waals surface area contributed by atoms with Gasteiger partial charge in [0.2, 0.25) is 5.91 Å². The normalized spacial score (nSPS) is 15.7. The number of hydrogen-bond acceptors (Lipinski definition) is 6. The average Bonchev–Trinajstić information content (AvgIpc) is 3.20. The molecule has 0 bridgehead atoms. The van der Waals surface area contributed by atoms with Gasteiger partial charge in [0.15, 0.2) is 5.17 Å². The van der Waals surface area contributed by atoms with E-state index in [4.69, 9.17) is 5.26 Å². The summed E-state index contributed by atoms with van der Waals surface area (Å²) >= 11 is 4.74. The van der Waals surface area contributed by atoms with Gasteiger partial charge in [-0.1, -0.05) is 39.8 Å². The Balaban J connectivity index is 1.88. The molecule has 1 aromatic carbocycles. The number of amidine groups is 1. The summed E-state index contributed by atoms with van der Waals surface area (Å²) in [5, 5.41) is 24.5. The van der Waals surface area contributed by atoms with Crippen LogP contribution in [0.25, 0.3) is 11.3 Å². The molecule has 126 valence electrons. The van der Waals surface area contributed by atoms with Crippen LogP contribution in [0.1, 0.15) is 12.0 Å². The second-order valence-corrected chi connectivity index (χ2v) is 6.98. The number of halogens is 1. The molecule has 1 aliphatic heterocycles. The number of carbonyl (C=O) groups excluding carboxylic acids is 1. The zero-order valence-corrected chi connectivity index (χ0v) is 15.4. The van der Waals surface area contributed by atoms with E-state index in [2.05, 4.69) is 42.6 Å². The lowest BCUT2D eigenvalue weighted by atomic mass is 10.1. The van der Waals surface area contributed by atoms with Crippen LogP contribution >= 0.6 is 27.7 Å². The fourth-order valence-corrected chi connectivity index (χ4v) is 3.06. The number of benzene rings is 1. The molecule has 0 atom stereocenters. The average molecular weight is 417 g/mol. The molecule has 0 unspecified atom stereocenters. The van der Waals surface area contributed by atoms with E-state index in [1.807, 2.05) is 30.5 Å². The van der Waals surface area contributed by atoms with Gasteiger partial charge in [-0.25, -0.2) is 0 Å². The summed E-state index contributed by atoms with van der Waals surface area (Å²) in [7, 11) is 0. The van der Waals surface area contributed by atoms with E-state index in [9.17, 15) is 4.79 Å². The fourth-order valence-electron chi connectivity index (χ4n) is 2.17. The number of rotatable bonds is 5. The Kier molecular flexibility index (Phi) is 5.63. The van der Waals surface area contributed by atoms with Crippen LogP contribution in [0.2, 0.25) is 0 Å². The van der Waals surface area contributed by atoms with Crippen molar-refractivity contribution in [2.45, 2.75) is 13.0 Å². The number of thioether (sulfide) groups is 1. The van der Waals surface area contributed by atoms with Gasteiger partial charge in [0.25, 0.3) is 0 Å².